The molecule has 1 aliphatic heterocycles. The average Bonchev–Trinajstić information content (AvgIpc) is 3.45. The first-order valence-electron chi connectivity index (χ1n) is 13.7. The van der Waals surface area contributed by atoms with Gasteiger partial charge in [-0.15, -0.1) is 0 Å². The zero-order chi connectivity index (χ0) is 32.0. The summed E-state index contributed by atoms with van der Waals surface area (Å²) in [4.78, 5) is 41.3. The molecule has 236 valence electrons. The van der Waals surface area contributed by atoms with Gasteiger partial charge in [-0.2, -0.15) is 5.09 Å². The number of esters is 1. The summed E-state index contributed by atoms with van der Waals surface area (Å²) in [5, 5.41) is 14.1. The van der Waals surface area contributed by atoms with E-state index in [4.69, 9.17) is 18.5 Å². The van der Waals surface area contributed by atoms with E-state index in [1.54, 1.807) is 38.1 Å². The van der Waals surface area contributed by atoms with E-state index in [9.17, 15) is 28.4 Å². The van der Waals surface area contributed by atoms with Crippen molar-refractivity contribution in [2.24, 2.45) is 0 Å². The van der Waals surface area contributed by atoms with E-state index in [0.717, 1.165) is 29.8 Å². The molecule has 6 atom stereocenters. The Kier molecular flexibility index (Phi) is 8.53. The number of aromatic amines is 2. The second-order valence-corrected chi connectivity index (χ2v) is 12.5. The number of para-hydroxylation sites is 1. The van der Waals surface area contributed by atoms with Gasteiger partial charge in [-0.3, -0.25) is 23.7 Å². The van der Waals surface area contributed by atoms with Crippen molar-refractivity contribution in [3.8, 4) is 5.75 Å². The Bertz CT molecular complexity index is 1870. The fourth-order valence-corrected chi connectivity index (χ4v) is 6.46. The van der Waals surface area contributed by atoms with E-state index in [0.29, 0.717) is 10.9 Å². The van der Waals surface area contributed by atoms with Gasteiger partial charge in [0.15, 0.2) is 11.9 Å². The molecule has 1 saturated heterocycles. The minimum Gasteiger partial charge on any atom is -0.462 e. The van der Waals surface area contributed by atoms with Crippen LogP contribution in [0.1, 0.15) is 33.9 Å². The lowest BCUT2D eigenvalue weighted by Gasteiger charge is -2.25. The predicted molar refractivity (Wildman–Crippen MR) is 155 cm³/mol. The molecule has 16 heteroatoms. The van der Waals surface area contributed by atoms with Gasteiger partial charge in [0.2, 0.25) is 0 Å². The number of hydrogen-bond acceptors (Lipinski definition) is 9. The van der Waals surface area contributed by atoms with E-state index in [2.05, 4.69) is 10.1 Å². The van der Waals surface area contributed by atoms with Crippen molar-refractivity contribution < 1.29 is 41.8 Å². The van der Waals surface area contributed by atoms with Crippen LogP contribution in [0.5, 0.6) is 5.75 Å². The first kappa shape index (κ1) is 31.5. The smallest absolute Gasteiger partial charge is 0.459 e. The molecule has 1 fully saturated rings. The van der Waals surface area contributed by atoms with Crippen molar-refractivity contribution >= 4 is 35.5 Å². The van der Waals surface area contributed by atoms with Crippen LogP contribution >= 0.6 is 7.75 Å². The number of rotatable bonds is 10. The predicted octanol–water partition coefficient (Wildman–Crippen LogP) is 3.43. The fraction of sp³-hybridized carbons (Fsp3) is 0.393. The van der Waals surface area contributed by atoms with Crippen LogP contribution in [0.15, 0.2) is 58.3 Å². The summed E-state index contributed by atoms with van der Waals surface area (Å²) in [6.07, 6.45) is -4.56. The highest BCUT2D eigenvalue weighted by Crippen LogP contribution is 2.50. The molecule has 13 nitrogen and oxygen atoms in total. The van der Waals surface area contributed by atoms with Gasteiger partial charge in [-0.25, -0.2) is 18.1 Å². The molecule has 3 heterocycles. The van der Waals surface area contributed by atoms with Crippen LogP contribution in [0.2, 0.25) is 0 Å². The normalized spacial score (nSPS) is 24.0. The molecule has 0 spiro atoms. The van der Waals surface area contributed by atoms with E-state index >= 15 is 4.39 Å². The van der Waals surface area contributed by atoms with E-state index < -0.39 is 73.6 Å². The minimum absolute atomic E-state index is 0.0689. The van der Waals surface area contributed by atoms with E-state index in [1.807, 2.05) is 4.98 Å². The Morgan fingerprint density at radius 2 is 1.91 bits per heavy atom. The topological polar surface area (TPSA) is 174 Å². The second-order valence-electron chi connectivity index (χ2n) is 10.8. The first-order valence-corrected chi connectivity index (χ1v) is 15.2. The molecule has 2 aromatic carbocycles. The Hall–Kier alpha value is -3.88. The molecule has 4 aromatic rings. The summed E-state index contributed by atoms with van der Waals surface area (Å²) in [7, 11) is -4.61. The number of benzene rings is 2. The van der Waals surface area contributed by atoms with E-state index in [-0.39, 0.29) is 16.7 Å². The molecule has 0 saturated carbocycles. The SMILES string of the molecule is CC(C)OC(=O)[C@H](C)NP(=O)(OC[C@H]1O[C@@H](n2ccc(=O)[nH]c2=O)[C@](C)(F)[C@@H]1O)Oc1ccc(F)c2[nH]c3ccccc3c12. The van der Waals surface area contributed by atoms with Crippen LogP contribution < -0.4 is 20.9 Å². The number of aliphatic hydroxyl groups excluding tert-OH is 1. The van der Waals surface area contributed by atoms with Crippen LogP contribution in [-0.2, 0) is 23.4 Å². The number of ether oxygens (including phenoxy) is 2. The van der Waals surface area contributed by atoms with Crippen LogP contribution in [0, 0.1) is 5.82 Å². The number of aliphatic hydroxyl groups is 1. The van der Waals surface area contributed by atoms with Gasteiger partial charge in [0.05, 0.1) is 23.6 Å². The monoisotopic (exact) mass is 636 g/mol. The zero-order valence-electron chi connectivity index (χ0n) is 24.1. The maximum absolute atomic E-state index is 15.7. The molecule has 0 aliphatic carbocycles. The lowest BCUT2D eigenvalue weighted by atomic mass is 9.98. The standard InChI is InChI=1S/C28H31F2N4O9P/c1-14(2)41-25(37)15(3)33-44(39,43-19-10-9-17(29)23-22(19)16-7-5-6-8-18(16)31-23)40-13-20-24(36)28(4,30)26(42-20)34-12-11-21(35)32-27(34)38/h5-12,14-15,20,24,26,31,36H,13H2,1-4H3,(H,33,39)(H,32,35,38)/t15-,20+,24+,26+,28+,44?/m0/s1. The Morgan fingerprint density at radius 3 is 2.61 bits per heavy atom. The van der Waals surface area contributed by atoms with Gasteiger partial charge >= 0.3 is 19.4 Å². The first-order chi connectivity index (χ1) is 20.7. The summed E-state index contributed by atoms with van der Waals surface area (Å²) in [5.74, 6) is -1.45. The molecule has 0 amide bonds. The third-order valence-electron chi connectivity index (χ3n) is 7.08. The lowest BCUT2D eigenvalue weighted by molar-refractivity contribution is -0.149. The highest BCUT2D eigenvalue weighted by molar-refractivity contribution is 7.52. The lowest BCUT2D eigenvalue weighted by Crippen LogP contribution is -2.43. The zero-order valence-corrected chi connectivity index (χ0v) is 25.0. The number of nitrogens with zero attached hydrogens (tertiary/aromatic N) is 1. The van der Waals surface area contributed by atoms with Gasteiger partial charge in [0.25, 0.3) is 5.56 Å². The Morgan fingerprint density at radius 1 is 1.18 bits per heavy atom. The summed E-state index contributed by atoms with van der Waals surface area (Å²) in [6, 6.07) is 8.96. The third-order valence-corrected chi connectivity index (χ3v) is 8.71. The van der Waals surface area contributed by atoms with Gasteiger partial charge in [0, 0.05) is 23.2 Å². The highest BCUT2D eigenvalue weighted by atomic mass is 31.2. The molecule has 1 aliphatic rings. The summed E-state index contributed by atoms with van der Waals surface area (Å²) in [6.45, 7) is 4.85. The third kappa shape index (κ3) is 6.06. The van der Waals surface area contributed by atoms with Gasteiger partial charge in [-0.05, 0) is 45.9 Å². The molecule has 2 aromatic heterocycles. The van der Waals surface area contributed by atoms with Gasteiger partial charge in [-0.1, -0.05) is 18.2 Å². The van der Waals surface area contributed by atoms with Crippen LogP contribution in [-0.4, -0.2) is 62.2 Å². The number of fused-ring (bicyclic) bond motifs is 3. The summed E-state index contributed by atoms with van der Waals surface area (Å²) >= 11 is 0. The highest BCUT2D eigenvalue weighted by Gasteiger charge is 2.56. The summed E-state index contributed by atoms with van der Waals surface area (Å²) < 4.78 is 67.8. The minimum atomic E-state index is -4.61. The molecular formula is C28H31F2N4O9P. The second kappa shape index (κ2) is 11.9. The fourth-order valence-electron chi connectivity index (χ4n) is 4.95. The number of carbonyl (C=O) groups excluding carboxylic acids is 1. The number of hydrogen-bond donors (Lipinski definition) is 4. The molecule has 4 N–H and O–H groups in total. The molecule has 0 bridgehead atoms. The number of alkyl halides is 1. The summed E-state index contributed by atoms with van der Waals surface area (Å²) in [5.41, 5.74) is -3.62. The molecule has 0 radical (unpaired) electrons. The Balaban J connectivity index is 1.47. The van der Waals surface area contributed by atoms with Crippen molar-refractivity contribution in [1.29, 1.82) is 0 Å². The van der Waals surface area contributed by atoms with Crippen molar-refractivity contribution in [3.63, 3.8) is 0 Å². The average molecular weight is 637 g/mol. The van der Waals surface area contributed by atoms with Crippen LogP contribution in [0.25, 0.3) is 21.8 Å². The van der Waals surface area contributed by atoms with Crippen molar-refractivity contribution in [1.82, 2.24) is 19.6 Å². The number of halogens is 2. The Labute approximate surface area is 248 Å². The molecule has 5 rings (SSSR count). The number of aromatic nitrogens is 3. The molecule has 1 unspecified atom stereocenters. The number of carbonyl (C=O) groups is 1. The number of H-pyrrole nitrogens is 2. The quantitative estimate of drug-likeness (QED) is 0.149. The maximum atomic E-state index is 15.7. The van der Waals surface area contributed by atoms with Gasteiger partial charge < -0.3 is 24.1 Å². The van der Waals surface area contributed by atoms with Crippen molar-refractivity contribution in [2.75, 3.05) is 6.61 Å². The maximum Gasteiger partial charge on any atom is 0.459 e. The van der Waals surface area contributed by atoms with Gasteiger partial charge in [0.1, 0.15) is 29.8 Å². The molecule has 44 heavy (non-hydrogen) atoms. The van der Waals surface area contributed by atoms with Crippen LogP contribution in [0.4, 0.5) is 8.78 Å². The molecular weight excluding hydrogens is 605 g/mol. The largest absolute Gasteiger partial charge is 0.462 e. The number of nitrogens with one attached hydrogen (secondary N) is 3. The van der Waals surface area contributed by atoms with E-state index in [1.165, 1.54) is 13.0 Å². The van der Waals surface area contributed by atoms with Crippen molar-refractivity contribution in [3.05, 3.63) is 75.3 Å². The van der Waals surface area contributed by atoms with Crippen molar-refractivity contribution in [2.45, 2.75) is 63.9 Å². The van der Waals surface area contributed by atoms with Crippen LogP contribution in [0.3, 0.4) is 0 Å².